The Morgan fingerprint density at radius 2 is 2.31 bits per heavy atom. The fraction of sp³-hybridized carbons (Fsp3) is 0.333. The van der Waals surface area contributed by atoms with E-state index in [4.69, 9.17) is 0 Å². The number of nitrogens with one attached hydrogen (secondary N) is 2. The maximum Gasteiger partial charge on any atom is 0.270 e. The Kier molecular flexibility index (Phi) is 4.51. The minimum absolute atomic E-state index is 0.118. The molecule has 0 spiro atoms. The van der Waals surface area contributed by atoms with Crippen LogP contribution in [0.3, 0.4) is 0 Å². The Morgan fingerprint density at radius 1 is 1.56 bits per heavy atom. The van der Waals surface area contributed by atoms with E-state index in [0.29, 0.717) is 12.2 Å². The normalized spacial score (nSPS) is 9.94. The van der Waals surface area contributed by atoms with Crippen LogP contribution in [0.1, 0.15) is 24.3 Å². The van der Waals surface area contributed by atoms with Gasteiger partial charge in [0.1, 0.15) is 5.69 Å². The van der Waals surface area contributed by atoms with Gasteiger partial charge in [-0.25, -0.2) is 4.98 Å². The average Bonchev–Trinajstić information content (AvgIpc) is 2.26. The molecule has 1 heterocycles. The second kappa shape index (κ2) is 5.90. The van der Waals surface area contributed by atoms with Gasteiger partial charge in [-0.05, 0) is 26.0 Å². The van der Waals surface area contributed by atoms with Crippen LogP contribution < -0.4 is 10.6 Å². The van der Waals surface area contributed by atoms with Gasteiger partial charge < -0.3 is 10.6 Å². The topological polar surface area (TPSA) is 54.0 Å². The molecule has 0 aliphatic rings. The molecule has 0 saturated heterocycles. The molecule has 1 aromatic heterocycles. The zero-order valence-corrected chi connectivity index (χ0v) is 9.66. The molecule has 86 valence electrons. The van der Waals surface area contributed by atoms with Gasteiger partial charge in [0.2, 0.25) is 0 Å². The van der Waals surface area contributed by atoms with Crippen molar-refractivity contribution >= 4 is 11.6 Å². The van der Waals surface area contributed by atoms with E-state index >= 15 is 0 Å². The van der Waals surface area contributed by atoms with Crippen LogP contribution in [0.5, 0.6) is 0 Å². The minimum Gasteiger partial charge on any atom is -0.380 e. The molecule has 0 atom stereocenters. The summed E-state index contributed by atoms with van der Waals surface area (Å²) in [6.45, 7) is 8.12. The Balaban J connectivity index is 2.63. The van der Waals surface area contributed by atoms with E-state index in [9.17, 15) is 4.79 Å². The first-order valence-corrected chi connectivity index (χ1v) is 5.25. The van der Waals surface area contributed by atoms with Gasteiger partial charge in [-0.15, -0.1) is 6.58 Å². The molecule has 1 rings (SSSR count). The summed E-state index contributed by atoms with van der Waals surface area (Å²) < 4.78 is 0. The third-order valence-electron chi connectivity index (χ3n) is 1.87. The second-order valence-electron chi connectivity index (χ2n) is 3.73. The molecular formula is C12H17N3O. The van der Waals surface area contributed by atoms with Crippen molar-refractivity contribution in [2.75, 3.05) is 11.9 Å². The van der Waals surface area contributed by atoms with Gasteiger partial charge >= 0.3 is 0 Å². The molecule has 0 radical (unpaired) electrons. The van der Waals surface area contributed by atoms with Gasteiger partial charge in [-0.2, -0.15) is 0 Å². The van der Waals surface area contributed by atoms with Crippen molar-refractivity contribution in [2.24, 2.45) is 0 Å². The zero-order valence-electron chi connectivity index (χ0n) is 9.66. The molecule has 0 aromatic carbocycles. The number of nitrogens with zero attached hydrogens (tertiary/aromatic N) is 1. The van der Waals surface area contributed by atoms with Crippen molar-refractivity contribution in [1.82, 2.24) is 10.3 Å². The van der Waals surface area contributed by atoms with E-state index in [0.717, 1.165) is 5.69 Å². The molecule has 0 aliphatic carbocycles. The van der Waals surface area contributed by atoms with Gasteiger partial charge in [-0.3, -0.25) is 4.79 Å². The molecule has 0 bridgehead atoms. The SMILES string of the molecule is C=CCNc1ccc(C(=O)NC(C)C)nc1. The number of hydrogen-bond acceptors (Lipinski definition) is 3. The highest BCUT2D eigenvalue weighted by Gasteiger charge is 2.07. The largest absolute Gasteiger partial charge is 0.380 e. The van der Waals surface area contributed by atoms with Crippen LogP contribution in [0.15, 0.2) is 31.0 Å². The fourth-order valence-electron chi connectivity index (χ4n) is 1.16. The first-order chi connectivity index (χ1) is 7.63. The Hall–Kier alpha value is -1.84. The molecule has 0 unspecified atom stereocenters. The number of hydrogen-bond donors (Lipinski definition) is 2. The van der Waals surface area contributed by atoms with Gasteiger partial charge in [0.05, 0.1) is 11.9 Å². The molecule has 0 saturated carbocycles. The summed E-state index contributed by atoms with van der Waals surface area (Å²) >= 11 is 0. The van der Waals surface area contributed by atoms with Crippen LogP contribution in [-0.2, 0) is 0 Å². The first-order valence-electron chi connectivity index (χ1n) is 5.25. The highest BCUT2D eigenvalue weighted by Crippen LogP contribution is 2.05. The number of pyridine rings is 1. The summed E-state index contributed by atoms with van der Waals surface area (Å²) in [4.78, 5) is 15.6. The predicted molar refractivity (Wildman–Crippen MR) is 65.5 cm³/mol. The molecular weight excluding hydrogens is 202 g/mol. The molecule has 2 N–H and O–H groups in total. The van der Waals surface area contributed by atoms with Crippen molar-refractivity contribution in [3.05, 3.63) is 36.7 Å². The van der Waals surface area contributed by atoms with Crippen LogP contribution in [0, 0.1) is 0 Å². The van der Waals surface area contributed by atoms with Gasteiger partial charge in [-0.1, -0.05) is 6.08 Å². The average molecular weight is 219 g/mol. The predicted octanol–water partition coefficient (Wildman–Crippen LogP) is 1.82. The van der Waals surface area contributed by atoms with Crippen LogP contribution in [-0.4, -0.2) is 23.5 Å². The number of rotatable bonds is 5. The summed E-state index contributed by atoms with van der Waals surface area (Å²) in [6, 6.07) is 3.64. The molecule has 4 nitrogen and oxygen atoms in total. The lowest BCUT2D eigenvalue weighted by Crippen LogP contribution is -2.30. The number of carbonyl (C=O) groups is 1. The highest BCUT2D eigenvalue weighted by molar-refractivity contribution is 5.92. The van der Waals surface area contributed by atoms with Crippen LogP contribution in [0.4, 0.5) is 5.69 Å². The number of aromatic nitrogens is 1. The molecule has 1 amide bonds. The second-order valence-corrected chi connectivity index (χ2v) is 3.73. The van der Waals surface area contributed by atoms with Crippen molar-refractivity contribution in [3.8, 4) is 0 Å². The van der Waals surface area contributed by atoms with Crippen molar-refractivity contribution in [3.63, 3.8) is 0 Å². The maximum absolute atomic E-state index is 11.6. The smallest absolute Gasteiger partial charge is 0.270 e. The van der Waals surface area contributed by atoms with Crippen molar-refractivity contribution < 1.29 is 4.79 Å². The van der Waals surface area contributed by atoms with Crippen LogP contribution in [0.2, 0.25) is 0 Å². The minimum atomic E-state index is -0.148. The van der Waals surface area contributed by atoms with Gasteiger partial charge in [0, 0.05) is 12.6 Å². The first kappa shape index (κ1) is 12.2. The lowest BCUT2D eigenvalue weighted by Gasteiger charge is -2.08. The summed E-state index contributed by atoms with van der Waals surface area (Å²) in [5, 5.41) is 5.87. The fourth-order valence-corrected chi connectivity index (χ4v) is 1.16. The third-order valence-corrected chi connectivity index (χ3v) is 1.87. The number of anilines is 1. The van der Waals surface area contributed by atoms with Gasteiger partial charge in [0.25, 0.3) is 5.91 Å². The number of carbonyl (C=O) groups excluding carboxylic acids is 1. The monoisotopic (exact) mass is 219 g/mol. The zero-order chi connectivity index (χ0) is 12.0. The van der Waals surface area contributed by atoms with Gasteiger partial charge in [0.15, 0.2) is 0 Å². The third kappa shape index (κ3) is 3.73. The summed E-state index contributed by atoms with van der Waals surface area (Å²) in [6.07, 6.45) is 3.40. The highest BCUT2D eigenvalue weighted by atomic mass is 16.1. The van der Waals surface area contributed by atoms with Crippen LogP contribution in [0.25, 0.3) is 0 Å². The van der Waals surface area contributed by atoms with Crippen molar-refractivity contribution in [1.29, 1.82) is 0 Å². The molecule has 16 heavy (non-hydrogen) atoms. The Labute approximate surface area is 95.8 Å². The van der Waals surface area contributed by atoms with E-state index in [2.05, 4.69) is 22.2 Å². The quantitative estimate of drug-likeness (QED) is 0.743. The summed E-state index contributed by atoms with van der Waals surface area (Å²) in [5.41, 5.74) is 1.30. The number of amides is 1. The summed E-state index contributed by atoms with van der Waals surface area (Å²) in [7, 11) is 0. The standard InChI is InChI=1S/C12H17N3O/c1-4-7-13-10-5-6-11(14-8-10)12(16)15-9(2)3/h4-6,8-9,13H,1,7H2,2-3H3,(H,15,16). The Morgan fingerprint density at radius 3 is 2.81 bits per heavy atom. The molecule has 4 heteroatoms. The lowest BCUT2D eigenvalue weighted by atomic mass is 10.3. The van der Waals surface area contributed by atoms with E-state index in [1.807, 2.05) is 19.9 Å². The van der Waals surface area contributed by atoms with E-state index < -0.39 is 0 Å². The maximum atomic E-state index is 11.6. The van der Waals surface area contributed by atoms with E-state index in [-0.39, 0.29) is 11.9 Å². The van der Waals surface area contributed by atoms with Crippen LogP contribution >= 0.6 is 0 Å². The Bertz CT molecular complexity index is 357. The molecule has 0 aliphatic heterocycles. The van der Waals surface area contributed by atoms with E-state index in [1.54, 1.807) is 18.3 Å². The summed E-state index contributed by atoms with van der Waals surface area (Å²) in [5.74, 6) is -0.148. The molecule has 1 aromatic rings. The van der Waals surface area contributed by atoms with Crippen molar-refractivity contribution in [2.45, 2.75) is 19.9 Å². The lowest BCUT2D eigenvalue weighted by molar-refractivity contribution is 0.0938. The van der Waals surface area contributed by atoms with E-state index in [1.165, 1.54) is 0 Å². The molecule has 0 fully saturated rings.